The van der Waals surface area contributed by atoms with Gasteiger partial charge in [-0.15, -0.1) is 0 Å². The fourth-order valence-electron chi connectivity index (χ4n) is 2.52. The zero-order chi connectivity index (χ0) is 23.5. The molecule has 1 fully saturated rings. The average molecular weight is 478 g/mol. The molecular formula is C15H13BrFN5O5S. The van der Waals surface area contributed by atoms with Crippen molar-refractivity contribution in [2.75, 3.05) is 16.7 Å². The number of sulfone groups is 1. The van der Waals surface area contributed by atoms with E-state index in [2.05, 4.69) is 36.7 Å². The molecule has 0 spiro atoms. The Morgan fingerprint density at radius 1 is 1.29 bits per heavy atom. The Balaban J connectivity index is 1.71. The Bertz CT molecular complexity index is 1330. The minimum atomic E-state index is -4.70. The summed E-state index contributed by atoms with van der Waals surface area (Å²) >= 11 is 3.02. The number of halogens is 2. The van der Waals surface area contributed by atoms with Gasteiger partial charge in [0.15, 0.2) is 5.69 Å². The second-order valence-corrected chi connectivity index (χ2v) is 8.15. The predicted molar refractivity (Wildman–Crippen MR) is 98.3 cm³/mol. The molecule has 4 rings (SSSR count). The van der Waals surface area contributed by atoms with E-state index in [1.165, 1.54) is 12.1 Å². The van der Waals surface area contributed by atoms with Crippen molar-refractivity contribution >= 4 is 31.6 Å². The van der Waals surface area contributed by atoms with Crippen molar-refractivity contribution in [3.05, 3.63) is 39.0 Å². The maximum Gasteiger partial charge on any atom is 0.446 e. The molecule has 0 amide bonds. The molecule has 2 aromatic heterocycles. The molecule has 1 aliphatic heterocycles. The van der Waals surface area contributed by atoms with Gasteiger partial charge in [-0.25, -0.2) is 26.8 Å². The van der Waals surface area contributed by atoms with Gasteiger partial charge in [-0.05, 0) is 57.3 Å². The summed E-state index contributed by atoms with van der Waals surface area (Å²) in [4.78, 5) is 12.2. The lowest BCUT2D eigenvalue weighted by molar-refractivity contribution is 0.309. The lowest BCUT2D eigenvalue weighted by Crippen LogP contribution is -2.32. The Kier molecular flexibility index (Phi) is 3.68. The second-order valence-electron chi connectivity index (χ2n) is 5.71. The summed E-state index contributed by atoms with van der Waals surface area (Å²) in [6, 6.07) is 2.68. The summed E-state index contributed by atoms with van der Waals surface area (Å²) in [6.45, 7) is 0. The van der Waals surface area contributed by atoms with Gasteiger partial charge in [0.2, 0.25) is 11.6 Å². The van der Waals surface area contributed by atoms with Crippen LogP contribution in [-0.4, -0.2) is 45.9 Å². The van der Waals surface area contributed by atoms with Crippen LogP contribution in [0.25, 0.3) is 17.2 Å². The minimum Gasteiger partial charge on any atom is -0.362 e. The first-order valence-electron chi connectivity index (χ1n) is 9.72. The topological polar surface area (TPSA) is 133 Å². The number of hydrogen-bond acceptors (Lipinski definition) is 9. The summed E-state index contributed by atoms with van der Waals surface area (Å²) in [5.41, 5.74) is -5.64. The highest BCUT2D eigenvalue weighted by molar-refractivity contribution is 9.10. The van der Waals surface area contributed by atoms with Crippen molar-refractivity contribution in [2.24, 2.45) is 0 Å². The first-order valence-corrected chi connectivity index (χ1v) is 9.99. The number of aromatic nitrogens is 4. The Morgan fingerprint density at radius 2 is 2.04 bits per heavy atom. The van der Waals surface area contributed by atoms with E-state index in [9.17, 15) is 17.6 Å². The molecule has 1 N–H and O–H groups in total. The Morgan fingerprint density at radius 3 is 2.75 bits per heavy atom. The van der Waals surface area contributed by atoms with Crippen LogP contribution in [0, 0.1) is 5.82 Å². The summed E-state index contributed by atoms with van der Waals surface area (Å²) in [5.74, 6) is -1.83. The van der Waals surface area contributed by atoms with Gasteiger partial charge in [-0.2, -0.15) is 0 Å². The van der Waals surface area contributed by atoms with E-state index < -0.39 is 51.7 Å². The molecule has 1 aromatic carbocycles. The molecule has 0 radical (unpaired) electrons. The minimum absolute atomic E-state index is 0.0681. The predicted octanol–water partition coefficient (Wildman–Crippen LogP) is 1.77. The fraction of sp³-hybridized carbons (Fsp3) is 0.333. The van der Waals surface area contributed by atoms with Crippen LogP contribution >= 0.6 is 15.9 Å². The van der Waals surface area contributed by atoms with Crippen LogP contribution in [0.4, 0.5) is 10.2 Å². The molecule has 3 heterocycles. The first kappa shape index (κ1) is 14.5. The first-order chi connectivity index (χ1) is 14.8. The molecule has 0 aliphatic carbocycles. The highest BCUT2D eigenvalue weighted by atomic mass is 79.9. The molecule has 28 heavy (non-hydrogen) atoms. The van der Waals surface area contributed by atoms with Crippen LogP contribution < -0.4 is 11.1 Å². The number of nitrogens with one attached hydrogen (secondary N) is 1. The molecule has 10 nitrogen and oxygen atoms in total. The number of hydrogen-bond donors (Lipinski definition) is 1. The molecule has 0 unspecified atom stereocenters. The lowest BCUT2D eigenvalue weighted by atomic mass is 10.1. The van der Waals surface area contributed by atoms with Crippen molar-refractivity contribution in [3.63, 3.8) is 0 Å². The SMILES string of the molecule is [2H]C1([2H])CC(Nc2nonc2-c2noc(=O)n2-c2ccc(F)c(Br)c2)CC([2H])([2H])S1(=O)=O. The van der Waals surface area contributed by atoms with Gasteiger partial charge < -0.3 is 5.32 Å². The van der Waals surface area contributed by atoms with E-state index in [0.29, 0.717) is 0 Å². The van der Waals surface area contributed by atoms with E-state index in [1.54, 1.807) is 0 Å². The van der Waals surface area contributed by atoms with Crippen LogP contribution in [0.3, 0.4) is 0 Å². The van der Waals surface area contributed by atoms with Gasteiger partial charge in [0.1, 0.15) is 15.7 Å². The number of anilines is 1. The van der Waals surface area contributed by atoms with E-state index in [0.717, 1.165) is 10.6 Å². The van der Waals surface area contributed by atoms with Crippen LogP contribution in [0.5, 0.6) is 0 Å². The second kappa shape index (κ2) is 7.13. The molecular weight excluding hydrogens is 461 g/mol. The van der Waals surface area contributed by atoms with Gasteiger partial charge in [-0.1, -0.05) is 5.16 Å². The molecule has 1 saturated heterocycles. The summed E-state index contributed by atoms with van der Waals surface area (Å²) < 4.78 is 79.4. The lowest BCUT2D eigenvalue weighted by Gasteiger charge is -2.22. The summed E-state index contributed by atoms with van der Waals surface area (Å²) in [7, 11) is -4.70. The van der Waals surface area contributed by atoms with E-state index >= 15 is 0 Å². The van der Waals surface area contributed by atoms with Gasteiger partial charge >= 0.3 is 5.76 Å². The van der Waals surface area contributed by atoms with Crippen molar-refractivity contribution in [3.8, 4) is 17.2 Å². The zero-order valence-corrected chi connectivity index (χ0v) is 16.1. The van der Waals surface area contributed by atoms with Crippen molar-refractivity contribution < 1.29 is 27.4 Å². The molecule has 1 aliphatic rings. The van der Waals surface area contributed by atoms with E-state index in [-0.39, 0.29) is 27.5 Å². The molecule has 0 saturated carbocycles. The van der Waals surface area contributed by atoms with Crippen LogP contribution in [0.2, 0.25) is 0 Å². The molecule has 0 bridgehead atoms. The highest BCUT2D eigenvalue weighted by Crippen LogP contribution is 2.27. The van der Waals surface area contributed by atoms with Gasteiger partial charge in [0.05, 0.1) is 21.6 Å². The third-order valence-electron chi connectivity index (χ3n) is 3.85. The zero-order valence-electron chi connectivity index (χ0n) is 17.7. The number of nitrogens with zero attached hydrogens (tertiary/aromatic N) is 4. The van der Waals surface area contributed by atoms with Gasteiger partial charge in [0, 0.05) is 11.5 Å². The largest absolute Gasteiger partial charge is 0.446 e. The number of rotatable bonds is 4. The Labute approximate surface area is 171 Å². The highest BCUT2D eigenvalue weighted by Gasteiger charge is 2.28. The summed E-state index contributed by atoms with van der Waals surface area (Å²) in [6.07, 6.45) is -1.14. The molecule has 0 atom stereocenters. The average Bonchev–Trinajstić information content (AvgIpc) is 3.28. The van der Waals surface area contributed by atoms with Crippen LogP contribution in [0.1, 0.15) is 18.3 Å². The van der Waals surface area contributed by atoms with Crippen molar-refractivity contribution in [2.45, 2.75) is 18.9 Å². The van der Waals surface area contributed by atoms with Crippen molar-refractivity contribution in [1.82, 2.24) is 20.0 Å². The number of benzene rings is 1. The smallest absolute Gasteiger partial charge is 0.362 e. The quantitative estimate of drug-likeness (QED) is 0.596. The monoisotopic (exact) mass is 477 g/mol. The molecule has 148 valence electrons. The maximum absolute atomic E-state index is 13.6. The Hall–Kier alpha value is -2.54. The van der Waals surface area contributed by atoms with Crippen LogP contribution in [-0.2, 0) is 9.84 Å². The fourth-order valence-corrected chi connectivity index (χ4v) is 3.83. The summed E-state index contributed by atoms with van der Waals surface area (Å²) in [5, 5.41) is 13.7. The van der Waals surface area contributed by atoms with E-state index in [1.807, 2.05) is 0 Å². The molecule has 3 aromatic rings. The van der Waals surface area contributed by atoms with Gasteiger partial charge in [-0.3, -0.25) is 4.52 Å². The molecule has 13 heteroatoms. The van der Waals surface area contributed by atoms with E-state index in [4.69, 9.17) is 14.6 Å². The normalized spacial score (nSPS) is 22.6. The third kappa shape index (κ3) is 3.58. The maximum atomic E-state index is 13.6. The standard InChI is InChI=1S/C15H13BrFN5O5S/c16-10-7-9(1-2-11(10)17)22-14(21-26-15(22)23)12-13(20-27-19-12)18-8-3-5-28(24,25)6-4-8/h1-2,7-8H,3-6H2,(H,18,20)/i5D2,6D2. The van der Waals surface area contributed by atoms with Gasteiger partial charge in [0.25, 0.3) is 0 Å². The van der Waals surface area contributed by atoms with Crippen molar-refractivity contribution in [1.29, 1.82) is 0 Å². The van der Waals surface area contributed by atoms with Crippen LogP contribution in [0.15, 0.2) is 36.6 Å². The third-order valence-corrected chi connectivity index (χ3v) is 5.55.